The molecule has 0 aliphatic carbocycles. The summed E-state index contributed by atoms with van der Waals surface area (Å²) in [6.45, 7) is 2.78. The molecule has 1 fully saturated rings. The van der Waals surface area contributed by atoms with Crippen LogP contribution in [-0.4, -0.2) is 32.1 Å². The molecule has 1 aliphatic heterocycles. The van der Waals surface area contributed by atoms with Gasteiger partial charge in [-0.1, -0.05) is 0 Å². The first kappa shape index (κ1) is 12.5. The van der Waals surface area contributed by atoms with Crippen LogP contribution in [0.3, 0.4) is 0 Å². The lowest BCUT2D eigenvalue weighted by Gasteiger charge is -2.35. The molecule has 98 valence electrons. The van der Waals surface area contributed by atoms with Crippen LogP contribution >= 0.6 is 0 Å². The van der Waals surface area contributed by atoms with Gasteiger partial charge in [-0.15, -0.1) is 0 Å². The standard InChI is InChI=1S/C12H16FN3O2/c1-7-12(17)15-3-4-16(7)10-6-11(18-2)9(14)5-8(10)13/h5-7H,3-4,14H2,1-2H3,(H,15,17). The molecule has 1 amide bonds. The molecule has 1 aromatic carbocycles. The molecule has 2 rings (SSSR count). The second-order valence-corrected chi connectivity index (χ2v) is 4.21. The summed E-state index contributed by atoms with van der Waals surface area (Å²) in [5, 5.41) is 2.73. The highest BCUT2D eigenvalue weighted by Gasteiger charge is 2.28. The number of methoxy groups -OCH3 is 1. The second kappa shape index (κ2) is 4.72. The Labute approximate surface area is 105 Å². The van der Waals surface area contributed by atoms with Crippen LogP contribution in [0.25, 0.3) is 0 Å². The summed E-state index contributed by atoms with van der Waals surface area (Å²) in [5.74, 6) is -0.157. The fourth-order valence-electron chi connectivity index (χ4n) is 2.07. The van der Waals surface area contributed by atoms with E-state index in [4.69, 9.17) is 10.5 Å². The minimum Gasteiger partial charge on any atom is -0.495 e. The zero-order valence-corrected chi connectivity index (χ0v) is 10.4. The van der Waals surface area contributed by atoms with E-state index >= 15 is 0 Å². The lowest BCUT2D eigenvalue weighted by Crippen LogP contribution is -2.54. The van der Waals surface area contributed by atoms with Crippen molar-refractivity contribution in [2.45, 2.75) is 13.0 Å². The lowest BCUT2D eigenvalue weighted by molar-refractivity contribution is -0.122. The number of carbonyl (C=O) groups is 1. The third-order valence-corrected chi connectivity index (χ3v) is 3.11. The number of carbonyl (C=O) groups excluding carboxylic acids is 1. The van der Waals surface area contributed by atoms with Crippen molar-refractivity contribution in [3.8, 4) is 5.75 Å². The number of amides is 1. The zero-order chi connectivity index (χ0) is 13.3. The number of nitrogens with one attached hydrogen (secondary N) is 1. The van der Waals surface area contributed by atoms with Gasteiger partial charge in [0.25, 0.3) is 0 Å². The molecule has 1 saturated heterocycles. The topological polar surface area (TPSA) is 67.6 Å². The molecular formula is C12H16FN3O2. The predicted molar refractivity (Wildman–Crippen MR) is 67.2 cm³/mol. The summed E-state index contributed by atoms with van der Waals surface area (Å²) in [6, 6.07) is 2.33. The fourth-order valence-corrected chi connectivity index (χ4v) is 2.07. The third kappa shape index (κ3) is 2.05. The van der Waals surface area contributed by atoms with Crippen LogP contribution in [0.1, 0.15) is 6.92 Å². The monoisotopic (exact) mass is 253 g/mol. The van der Waals surface area contributed by atoms with E-state index in [1.54, 1.807) is 11.8 Å². The van der Waals surface area contributed by atoms with E-state index in [1.807, 2.05) is 0 Å². The fraction of sp³-hybridized carbons (Fsp3) is 0.417. The van der Waals surface area contributed by atoms with Crippen molar-refractivity contribution in [3.05, 3.63) is 17.9 Å². The van der Waals surface area contributed by atoms with Crippen molar-refractivity contribution >= 4 is 17.3 Å². The van der Waals surface area contributed by atoms with Gasteiger partial charge in [-0.3, -0.25) is 4.79 Å². The normalized spacial score (nSPS) is 19.6. The van der Waals surface area contributed by atoms with E-state index in [9.17, 15) is 9.18 Å². The van der Waals surface area contributed by atoms with Gasteiger partial charge in [-0.2, -0.15) is 0 Å². The molecule has 0 radical (unpaired) electrons. The number of nitrogens with two attached hydrogens (primary N) is 1. The zero-order valence-electron chi connectivity index (χ0n) is 10.4. The molecule has 0 bridgehead atoms. The number of ether oxygens (including phenoxy) is 1. The molecule has 6 heteroatoms. The number of piperazine rings is 1. The first-order chi connectivity index (χ1) is 8.54. The summed E-state index contributed by atoms with van der Waals surface area (Å²) in [5.41, 5.74) is 6.21. The van der Waals surface area contributed by atoms with Gasteiger partial charge in [0.05, 0.1) is 18.5 Å². The van der Waals surface area contributed by atoms with Gasteiger partial charge in [-0.05, 0) is 6.92 Å². The number of nitrogen functional groups attached to an aromatic ring is 1. The quantitative estimate of drug-likeness (QED) is 0.763. The minimum absolute atomic E-state index is 0.114. The SMILES string of the molecule is COc1cc(N2CCNC(=O)C2C)c(F)cc1N. The number of hydrogen-bond donors (Lipinski definition) is 2. The van der Waals surface area contributed by atoms with Gasteiger partial charge < -0.3 is 20.7 Å². The highest BCUT2D eigenvalue weighted by molar-refractivity contribution is 5.86. The largest absolute Gasteiger partial charge is 0.495 e. The molecule has 1 atom stereocenters. The summed E-state index contributed by atoms with van der Waals surface area (Å²) in [4.78, 5) is 13.3. The molecule has 1 heterocycles. The number of rotatable bonds is 2. The molecule has 1 aromatic rings. The van der Waals surface area contributed by atoms with Crippen LogP contribution in [0.2, 0.25) is 0 Å². The molecule has 0 spiro atoms. The average Bonchev–Trinajstić information content (AvgIpc) is 2.34. The van der Waals surface area contributed by atoms with Crippen LogP contribution in [0.5, 0.6) is 5.75 Å². The van der Waals surface area contributed by atoms with E-state index in [1.165, 1.54) is 19.2 Å². The maximum absolute atomic E-state index is 13.9. The van der Waals surface area contributed by atoms with Crippen LogP contribution in [0, 0.1) is 5.82 Å². The average molecular weight is 253 g/mol. The third-order valence-electron chi connectivity index (χ3n) is 3.11. The van der Waals surface area contributed by atoms with Gasteiger partial charge in [0.15, 0.2) is 0 Å². The first-order valence-electron chi connectivity index (χ1n) is 5.72. The van der Waals surface area contributed by atoms with Gasteiger partial charge in [0, 0.05) is 25.2 Å². The van der Waals surface area contributed by atoms with Gasteiger partial charge in [0.2, 0.25) is 5.91 Å². The van der Waals surface area contributed by atoms with Crippen molar-refractivity contribution < 1.29 is 13.9 Å². The van der Waals surface area contributed by atoms with Crippen molar-refractivity contribution in [2.75, 3.05) is 30.8 Å². The van der Waals surface area contributed by atoms with Crippen molar-refractivity contribution in [1.29, 1.82) is 0 Å². The number of halogens is 1. The molecule has 5 nitrogen and oxygen atoms in total. The minimum atomic E-state index is -0.449. The Hall–Kier alpha value is -1.98. The van der Waals surface area contributed by atoms with E-state index in [0.717, 1.165) is 0 Å². The van der Waals surface area contributed by atoms with Crippen LogP contribution in [0.4, 0.5) is 15.8 Å². The summed E-state index contributed by atoms with van der Waals surface area (Å²) >= 11 is 0. The lowest BCUT2D eigenvalue weighted by atomic mass is 10.1. The smallest absolute Gasteiger partial charge is 0.242 e. The molecule has 18 heavy (non-hydrogen) atoms. The number of anilines is 2. The molecular weight excluding hydrogens is 237 g/mol. The Morgan fingerprint density at radius 1 is 1.56 bits per heavy atom. The van der Waals surface area contributed by atoms with E-state index in [0.29, 0.717) is 24.5 Å². The van der Waals surface area contributed by atoms with E-state index in [-0.39, 0.29) is 11.6 Å². The van der Waals surface area contributed by atoms with Crippen LogP contribution in [0.15, 0.2) is 12.1 Å². The Morgan fingerprint density at radius 2 is 2.28 bits per heavy atom. The van der Waals surface area contributed by atoms with E-state index < -0.39 is 11.9 Å². The molecule has 1 aliphatic rings. The maximum Gasteiger partial charge on any atom is 0.242 e. The Bertz CT molecular complexity index is 479. The summed E-state index contributed by atoms with van der Waals surface area (Å²) in [7, 11) is 1.47. The molecule has 0 saturated carbocycles. The maximum atomic E-state index is 13.9. The molecule has 3 N–H and O–H groups in total. The first-order valence-corrected chi connectivity index (χ1v) is 5.72. The second-order valence-electron chi connectivity index (χ2n) is 4.21. The predicted octanol–water partition coefficient (Wildman–Crippen LogP) is 0.741. The van der Waals surface area contributed by atoms with Gasteiger partial charge >= 0.3 is 0 Å². The van der Waals surface area contributed by atoms with Crippen molar-refractivity contribution in [3.63, 3.8) is 0 Å². The highest BCUT2D eigenvalue weighted by Crippen LogP contribution is 2.32. The number of benzene rings is 1. The molecule has 0 aromatic heterocycles. The van der Waals surface area contributed by atoms with E-state index in [2.05, 4.69) is 5.32 Å². The Morgan fingerprint density at radius 3 is 2.94 bits per heavy atom. The van der Waals surface area contributed by atoms with Crippen molar-refractivity contribution in [2.24, 2.45) is 0 Å². The molecule has 1 unspecified atom stereocenters. The number of nitrogens with zero attached hydrogens (tertiary/aromatic N) is 1. The van der Waals surface area contributed by atoms with Crippen LogP contribution < -0.4 is 20.7 Å². The Balaban J connectivity index is 2.40. The Kier molecular flexibility index (Phi) is 3.27. The number of hydrogen-bond acceptors (Lipinski definition) is 4. The van der Waals surface area contributed by atoms with Gasteiger partial charge in [0.1, 0.15) is 17.6 Å². The highest BCUT2D eigenvalue weighted by atomic mass is 19.1. The van der Waals surface area contributed by atoms with Gasteiger partial charge in [-0.25, -0.2) is 4.39 Å². The summed E-state index contributed by atoms with van der Waals surface area (Å²) < 4.78 is 19.0. The van der Waals surface area contributed by atoms with Crippen molar-refractivity contribution in [1.82, 2.24) is 5.32 Å². The summed E-state index contributed by atoms with van der Waals surface area (Å²) in [6.07, 6.45) is 0. The van der Waals surface area contributed by atoms with Crippen LogP contribution in [-0.2, 0) is 4.79 Å².